The zero-order valence-corrected chi connectivity index (χ0v) is 10.6. The number of nitrogens with zero attached hydrogens (tertiary/aromatic N) is 3. The number of hydrogen-bond donors (Lipinski definition) is 2. The first kappa shape index (κ1) is 11.5. The van der Waals surface area contributed by atoms with Gasteiger partial charge in [-0.2, -0.15) is 4.98 Å². The minimum Gasteiger partial charge on any atom is -0.396 e. The normalized spacial score (nSPS) is 17.0. The molecule has 0 saturated heterocycles. The van der Waals surface area contributed by atoms with E-state index in [1.807, 2.05) is 25.3 Å². The molecule has 2 N–H and O–H groups in total. The Bertz CT molecular complexity index is 559. The molecule has 0 aliphatic heterocycles. The van der Waals surface area contributed by atoms with Crippen LogP contribution in [0.25, 0.3) is 5.65 Å². The zero-order valence-electron chi connectivity index (χ0n) is 10.6. The van der Waals surface area contributed by atoms with Gasteiger partial charge in [-0.1, -0.05) is 0 Å². The lowest BCUT2D eigenvalue weighted by atomic mass is 10.0. The van der Waals surface area contributed by atoms with Gasteiger partial charge in [-0.25, -0.2) is 4.52 Å². The van der Waals surface area contributed by atoms with Crippen LogP contribution in [0, 0.1) is 12.3 Å². The molecule has 1 saturated carbocycles. The predicted molar refractivity (Wildman–Crippen MR) is 69.6 cm³/mol. The summed E-state index contributed by atoms with van der Waals surface area (Å²) in [6.07, 6.45) is 5.16. The monoisotopic (exact) mass is 246 g/mol. The number of aryl methyl sites for hydroxylation is 1. The molecule has 0 unspecified atom stereocenters. The van der Waals surface area contributed by atoms with Crippen molar-refractivity contribution in [2.45, 2.75) is 26.2 Å². The van der Waals surface area contributed by atoms with Crippen LogP contribution in [0.5, 0.6) is 0 Å². The van der Waals surface area contributed by atoms with E-state index in [2.05, 4.69) is 15.4 Å². The van der Waals surface area contributed by atoms with Crippen molar-refractivity contribution >= 4 is 11.6 Å². The lowest BCUT2D eigenvalue weighted by Gasteiger charge is -2.12. The SMILES string of the molecule is Cc1ccn2nc(NCC3(CCO)CC3)nc2c1. The van der Waals surface area contributed by atoms with Gasteiger partial charge in [-0.3, -0.25) is 0 Å². The van der Waals surface area contributed by atoms with Crippen LogP contribution < -0.4 is 5.32 Å². The number of aromatic nitrogens is 3. The highest BCUT2D eigenvalue weighted by molar-refractivity contribution is 5.45. The highest BCUT2D eigenvalue weighted by atomic mass is 16.3. The van der Waals surface area contributed by atoms with Crippen LogP contribution in [0.3, 0.4) is 0 Å². The van der Waals surface area contributed by atoms with Crippen LogP contribution >= 0.6 is 0 Å². The Kier molecular flexibility index (Phi) is 2.70. The van der Waals surface area contributed by atoms with Crippen molar-refractivity contribution in [3.8, 4) is 0 Å². The van der Waals surface area contributed by atoms with Gasteiger partial charge in [0.05, 0.1) is 0 Å². The molecule has 18 heavy (non-hydrogen) atoms. The minimum absolute atomic E-state index is 0.263. The topological polar surface area (TPSA) is 62.5 Å². The Hall–Kier alpha value is -1.62. The summed E-state index contributed by atoms with van der Waals surface area (Å²) in [5, 5.41) is 16.7. The zero-order chi connectivity index (χ0) is 12.6. The van der Waals surface area contributed by atoms with E-state index in [1.165, 1.54) is 18.4 Å². The Morgan fingerprint density at radius 3 is 3.06 bits per heavy atom. The van der Waals surface area contributed by atoms with E-state index >= 15 is 0 Å². The van der Waals surface area contributed by atoms with Crippen LogP contribution in [0.1, 0.15) is 24.8 Å². The van der Waals surface area contributed by atoms with E-state index in [4.69, 9.17) is 5.11 Å². The minimum atomic E-state index is 0.263. The summed E-state index contributed by atoms with van der Waals surface area (Å²) in [5.41, 5.74) is 2.33. The van der Waals surface area contributed by atoms with Gasteiger partial charge in [-0.15, -0.1) is 5.10 Å². The van der Waals surface area contributed by atoms with Crippen LogP contribution in [0.2, 0.25) is 0 Å². The molecule has 2 heterocycles. The molecular formula is C13H18N4O. The fraction of sp³-hybridized carbons (Fsp3) is 0.538. The predicted octanol–water partition coefficient (Wildman–Crippen LogP) is 1.61. The Balaban J connectivity index is 1.71. The third kappa shape index (κ3) is 2.18. The highest BCUT2D eigenvalue weighted by Gasteiger charge is 2.41. The van der Waals surface area contributed by atoms with Gasteiger partial charge in [-0.05, 0) is 49.3 Å². The second-order valence-electron chi connectivity index (χ2n) is 5.27. The second kappa shape index (κ2) is 4.24. The molecule has 0 amide bonds. The Labute approximate surface area is 106 Å². The number of aliphatic hydroxyl groups is 1. The van der Waals surface area contributed by atoms with E-state index in [0.717, 1.165) is 18.6 Å². The molecule has 5 nitrogen and oxygen atoms in total. The van der Waals surface area contributed by atoms with E-state index in [9.17, 15) is 0 Å². The van der Waals surface area contributed by atoms with Gasteiger partial charge in [0, 0.05) is 19.3 Å². The highest BCUT2D eigenvalue weighted by Crippen LogP contribution is 2.48. The number of hydrogen-bond acceptors (Lipinski definition) is 4. The smallest absolute Gasteiger partial charge is 0.243 e. The molecule has 0 bridgehead atoms. The van der Waals surface area contributed by atoms with Gasteiger partial charge in [0.1, 0.15) is 0 Å². The van der Waals surface area contributed by atoms with Gasteiger partial charge in [0.2, 0.25) is 5.95 Å². The first-order chi connectivity index (χ1) is 8.71. The lowest BCUT2D eigenvalue weighted by molar-refractivity contribution is 0.253. The lowest BCUT2D eigenvalue weighted by Crippen LogP contribution is -2.17. The average molecular weight is 246 g/mol. The van der Waals surface area contributed by atoms with E-state index < -0.39 is 0 Å². The molecule has 0 aromatic carbocycles. The molecule has 1 fully saturated rings. The van der Waals surface area contributed by atoms with Crippen molar-refractivity contribution in [3.05, 3.63) is 23.9 Å². The second-order valence-corrected chi connectivity index (χ2v) is 5.27. The van der Waals surface area contributed by atoms with Crippen molar-refractivity contribution in [3.63, 3.8) is 0 Å². The summed E-state index contributed by atoms with van der Waals surface area (Å²) in [7, 11) is 0. The molecule has 1 aliphatic carbocycles. The fourth-order valence-electron chi connectivity index (χ4n) is 2.25. The molecule has 1 aliphatic rings. The third-order valence-corrected chi connectivity index (χ3v) is 3.71. The molecule has 96 valence electrons. The van der Waals surface area contributed by atoms with Crippen molar-refractivity contribution < 1.29 is 5.11 Å². The maximum Gasteiger partial charge on any atom is 0.243 e. The van der Waals surface area contributed by atoms with Crippen molar-refractivity contribution in [2.75, 3.05) is 18.5 Å². The average Bonchev–Trinajstić information content (AvgIpc) is 2.99. The molecule has 5 heteroatoms. The molecule has 3 rings (SSSR count). The van der Waals surface area contributed by atoms with Gasteiger partial charge >= 0.3 is 0 Å². The Morgan fingerprint density at radius 1 is 1.50 bits per heavy atom. The standard InChI is InChI=1S/C13H18N4O/c1-10-2-6-17-11(8-10)15-12(16-17)14-9-13(3-4-13)5-7-18/h2,6,8,18H,3-5,7,9H2,1H3,(H,14,16). The Morgan fingerprint density at radius 2 is 2.33 bits per heavy atom. The van der Waals surface area contributed by atoms with Crippen LogP contribution in [-0.2, 0) is 0 Å². The molecule has 2 aromatic rings. The third-order valence-electron chi connectivity index (χ3n) is 3.71. The van der Waals surface area contributed by atoms with Crippen LogP contribution in [0.15, 0.2) is 18.3 Å². The number of anilines is 1. The van der Waals surface area contributed by atoms with Crippen molar-refractivity contribution in [1.82, 2.24) is 14.6 Å². The summed E-state index contributed by atoms with van der Waals surface area (Å²) in [4.78, 5) is 4.44. The largest absolute Gasteiger partial charge is 0.396 e. The van der Waals surface area contributed by atoms with Gasteiger partial charge in [0.25, 0.3) is 0 Å². The molecule has 2 aromatic heterocycles. The summed E-state index contributed by atoms with van der Waals surface area (Å²) in [6, 6.07) is 4.03. The molecule has 0 atom stereocenters. The number of fused-ring (bicyclic) bond motifs is 1. The molecule has 0 spiro atoms. The first-order valence-electron chi connectivity index (χ1n) is 6.39. The first-order valence-corrected chi connectivity index (χ1v) is 6.39. The maximum atomic E-state index is 9.02. The van der Waals surface area contributed by atoms with E-state index in [0.29, 0.717) is 5.95 Å². The number of aliphatic hydroxyl groups excluding tert-OH is 1. The summed E-state index contributed by atoms with van der Waals surface area (Å²) < 4.78 is 1.78. The van der Waals surface area contributed by atoms with Crippen molar-refractivity contribution in [1.29, 1.82) is 0 Å². The van der Waals surface area contributed by atoms with Gasteiger partial charge < -0.3 is 10.4 Å². The van der Waals surface area contributed by atoms with E-state index in [1.54, 1.807) is 4.52 Å². The number of rotatable bonds is 5. The number of nitrogens with one attached hydrogen (secondary N) is 1. The molecule has 0 radical (unpaired) electrons. The molecular weight excluding hydrogens is 228 g/mol. The van der Waals surface area contributed by atoms with Crippen LogP contribution in [-0.4, -0.2) is 32.9 Å². The van der Waals surface area contributed by atoms with E-state index in [-0.39, 0.29) is 12.0 Å². The van der Waals surface area contributed by atoms with Crippen molar-refractivity contribution in [2.24, 2.45) is 5.41 Å². The van der Waals surface area contributed by atoms with Crippen LogP contribution in [0.4, 0.5) is 5.95 Å². The maximum absolute atomic E-state index is 9.02. The summed E-state index contributed by atoms with van der Waals surface area (Å²) in [5.74, 6) is 0.671. The summed E-state index contributed by atoms with van der Waals surface area (Å²) >= 11 is 0. The number of pyridine rings is 1. The quantitative estimate of drug-likeness (QED) is 0.841. The van der Waals surface area contributed by atoms with Gasteiger partial charge in [0.15, 0.2) is 5.65 Å². The summed E-state index contributed by atoms with van der Waals surface area (Å²) in [6.45, 7) is 3.16. The fourth-order valence-corrected chi connectivity index (χ4v) is 2.25.